The highest BCUT2D eigenvalue weighted by Gasteiger charge is 2.40. The molecule has 0 radical (unpaired) electrons. The Morgan fingerprint density at radius 1 is 1.21 bits per heavy atom. The van der Waals surface area contributed by atoms with Gasteiger partial charge in [-0.2, -0.15) is 12.7 Å². The Balaban J connectivity index is 1.44. The van der Waals surface area contributed by atoms with Crippen LogP contribution in [-0.4, -0.2) is 56.1 Å². The molecular formula is C23H29N5O4S. The number of hydrogen-bond donors (Lipinski definition) is 3. The Morgan fingerprint density at radius 3 is 2.76 bits per heavy atom. The normalized spacial score (nSPS) is 27.4. The molecule has 3 aromatic rings. The molecule has 0 spiro atoms. The van der Waals surface area contributed by atoms with Crippen molar-refractivity contribution in [1.29, 1.82) is 0 Å². The molecule has 2 aliphatic rings. The summed E-state index contributed by atoms with van der Waals surface area (Å²) in [5.41, 5.74) is 3.42. The second kappa shape index (κ2) is 8.35. The van der Waals surface area contributed by atoms with E-state index in [1.807, 2.05) is 16.8 Å². The molecule has 1 fully saturated rings. The molecule has 5 atom stereocenters. The molecule has 9 nitrogen and oxygen atoms in total. The van der Waals surface area contributed by atoms with Gasteiger partial charge in [0.1, 0.15) is 17.8 Å². The van der Waals surface area contributed by atoms with Gasteiger partial charge in [-0.25, -0.2) is 9.97 Å². The van der Waals surface area contributed by atoms with Crippen LogP contribution in [0.2, 0.25) is 0 Å². The number of aliphatic hydroxyl groups is 1. The van der Waals surface area contributed by atoms with Crippen molar-refractivity contribution in [3.05, 3.63) is 54.0 Å². The summed E-state index contributed by atoms with van der Waals surface area (Å²) in [6.07, 6.45) is 5.43. The Kier molecular flexibility index (Phi) is 5.64. The van der Waals surface area contributed by atoms with Gasteiger partial charge >= 0.3 is 10.3 Å². The minimum Gasteiger partial charge on any atom is -0.391 e. The third kappa shape index (κ3) is 3.90. The molecule has 10 heteroatoms. The quantitative estimate of drug-likeness (QED) is 0.473. The molecule has 0 saturated heterocycles. The highest BCUT2D eigenvalue weighted by atomic mass is 32.2. The van der Waals surface area contributed by atoms with Crippen molar-refractivity contribution in [2.75, 3.05) is 12.4 Å². The number of nitrogens with zero attached hydrogens (tertiary/aromatic N) is 4. The van der Waals surface area contributed by atoms with Crippen LogP contribution < -0.4 is 5.32 Å². The van der Waals surface area contributed by atoms with Crippen molar-refractivity contribution in [2.45, 2.75) is 56.8 Å². The summed E-state index contributed by atoms with van der Waals surface area (Å²) < 4.78 is 35.3. The van der Waals surface area contributed by atoms with E-state index in [1.54, 1.807) is 0 Å². The van der Waals surface area contributed by atoms with Crippen molar-refractivity contribution in [1.82, 2.24) is 18.8 Å². The number of aliphatic hydroxyl groups excluding tert-OH is 1. The Morgan fingerprint density at radius 2 is 2.00 bits per heavy atom. The zero-order chi connectivity index (χ0) is 23.3. The van der Waals surface area contributed by atoms with E-state index >= 15 is 0 Å². The average molecular weight is 472 g/mol. The van der Waals surface area contributed by atoms with Crippen LogP contribution in [0.1, 0.15) is 49.4 Å². The zero-order valence-electron chi connectivity index (χ0n) is 18.7. The van der Waals surface area contributed by atoms with E-state index in [9.17, 15) is 18.1 Å². The average Bonchev–Trinajstić information content (AvgIpc) is 3.48. The van der Waals surface area contributed by atoms with Gasteiger partial charge < -0.3 is 15.0 Å². The van der Waals surface area contributed by atoms with Crippen molar-refractivity contribution >= 4 is 27.2 Å². The fourth-order valence-electron chi connectivity index (χ4n) is 5.54. The Bertz CT molecular complexity index is 1280. The summed E-state index contributed by atoms with van der Waals surface area (Å²) >= 11 is 0. The van der Waals surface area contributed by atoms with Crippen molar-refractivity contribution in [3.8, 4) is 0 Å². The SMILES string of the molecule is CC[C@@H]1Cc2ccccc2[C@@H]1Nc1ncnc2c1ccn2[C@H]1C[C@H](O)[C@@H](N(C)S(=O)(=O)O)C1. The fraction of sp³-hybridized carbons (Fsp3) is 0.478. The van der Waals surface area contributed by atoms with E-state index in [4.69, 9.17) is 0 Å². The molecule has 0 bridgehead atoms. The third-order valence-corrected chi connectivity index (χ3v) is 8.36. The smallest absolute Gasteiger partial charge is 0.335 e. The third-order valence-electron chi connectivity index (χ3n) is 7.37. The van der Waals surface area contributed by atoms with Gasteiger partial charge in [0, 0.05) is 19.3 Å². The molecule has 176 valence electrons. The number of rotatable bonds is 6. The summed E-state index contributed by atoms with van der Waals surface area (Å²) in [4.78, 5) is 9.03. The maximum absolute atomic E-state index is 11.6. The molecule has 2 heterocycles. The van der Waals surface area contributed by atoms with Crippen LogP contribution in [0.15, 0.2) is 42.9 Å². The molecular weight excluding hydrogens is 442 g/mol. The Hall–Kier alpha value is -2.53. The highest BCUT2D eigenvalue weighted by Crippen LogP contribution is 2.41. The first-order valence-electron chi connectivity index (χ1n) is 11.3. The minimum absolute atomic E-state index is 0.148. The molecule has 1 aromatic carbocycles. The topological polar surface area (TPSA) is 121 Å². The fourth-order valence-corrected chi connectivity index (χ4v) is 6.11. The molecule has 3 N–H and O–H groups in total. The lowest BCUT2D eigenvalue weighted by molar-refractivity contribution is 0.117. The van der Waals surface area contributed by atoms with Gasteiger partial charge in [-0.05, 0) is 42.4 Å². The van der Waals surface area contributed by atoms with Gasteiger partial charge in [-0.15, -0.1) is 0 Å². The van der Waals surface area contributed by atoms with E-state index in [0.29, 0.717) is 18.8 Å². The number of benzene rings is 1. The lowest BCUT2D eigenvalue weighted by atomic mass is 9.98. The molecule has 2 aromatic heterocycles. The van der Waals surface area contributed by atoms with Crippen LogP contribution in [0.4, 0.5) is 5.82 Å². The molecule has 0 unspecified atom stereocenters. The summed E-state index contributed by atoms with van der Waals surface area (Å²) in [5.74, 6) is 1.25. The summed E-state index contributed by atoms with van der Waals surface area (Å²) in [5, 5.41) is 15.0. The summed E-state index contributed by atoms with van der Waals surface area (Å²) in [6, 6.07) is 9.82. The van der Waals surface area contributed by atoms with E-state index in [-0.39, 0.29) is 12.1 Å². The van der Waals surface area contributed by atoms with Crippen LogP contribution >= 0.6 is 0 Å². The van der Waals surface area contributed by atoms with Crippen LogP contribution in [0.3, 0.4) is 0 Å². The maximum Gasteiger partial charge on any atom is 0.335 e. The number of fused-ring (bicyclic) bond motifs is 2. The summed E-state index contributed by atoms with van der Waals surface area (Å²) in [6.45, 7) is 2.21. The van der Waals surface area contributed by atoms with Gasteiger partial charge in [0.05, 0.1) is 23.6 Å². The molecule has 2 aliphatic carbocycles. The zero-order valence-corrected chi connectivity index (χ0v) is 19.5. The molecule has 0 aliphatic heterocycles. The Labute approximate surface area is 193 Å². The van der Waals surface area contributed by atoms with Crippen LogP contribution in [0, 0.1) is 5.92 Å². The van der Waals surface area contributed by atoms with E-state index < -0.39 is 22.4 Å². The second-order valence-corrected chi connectivity index (χ2v) is 10.6. The summed E-state index contributed by atoms with van der Waals surface area (Å²) in [7, 11) is -3.09. The first-order chi connectivity index (χ1) is 15.8. The van der Waals surface area contributed by atoms with Gasteiger partial charge in [-0.3, -0.25) is 4.55 Å². The second-order valence-electron chi connectivity index (χ2n) is 9.13. The first-order valence-corrected chi connectivity index (χ1v) is 12.7. The maximum atomic E-state index is 11.6. The number of anilines is 1. The van der Waals surface area contributed by atoms with Gasteiger partial charge in [0.25, 0.3) is 0 Å². The van der Waals surface area contributed by atoms with Gasteiger partial charge in [-0.1, -0.05) is 37.6 Å². The standard InChI is InChI=1S/C23H29N5O4S/c1-3-14-10-15-6-4-5-7-17(15)21(14)26-22-18-8-9-28(23(18)25-13-24-22)16-11-19(20(29)12-16)27(2)33(30,31)32/h4-9,13-14,16,19-21,29H,3,10-12H2,1-2H3,(H,24,25,26)(H,30,31,32)/t14-,16-,19+,20+,21-/m1/s1. The minimum atomic E-state index is -4.38. The monoisotopic (exact) mass is 471 g/mol. The van der Waals surface area contributed by atoms with Crippen molar-refractivity contribution in [3.63, 3.8) is 0 Å². The lowest BCUT2D eigenvalue weighted by Crippen LogP contribution is -2.41. The van der Waals surface area contributed by atoms with Crippen molar-refractivity contribution in [2.24, 2.45) is 5.92 Å². The molecule has 5 rings (SSSR count). The number of aromatic nitrogens is 3. The van der Waals surface area contributed by atoms with Crippen molar-refractivity contribution < 1.29 is 18.1 Å². The largest absolute Gasteiger partial charge is 0.391 e. The number of nitrogens with one attached hydrogen (secondary N) is 1. The number of hydrogen-bond acceptors (Lipinski definition) is 6. The van der Waals surface area contributed by atoms with Crippen LogP contribution in [-0.2, 0) is 16.7 Å². The lowest BCUT2D eigenvalue weighted by Gasteiger charge is -2.23. The predicted octanol–water partition coefficient (Wildman–Crippen LogP) is 2.97. The number of likely N-dealkylation sites (N-methyl/N-ethyl adjacent to an activating group) is 1. The molecule has 0 amide bonds. The van der Waals surface area contributed by atoms with Gasteiger partial charge in [0.15, 0.2) is 0 Å². The van der Waals surface area contributed by atoms with Gasteiger partial charge in [0.2, 0.25) is 0 Å². The van der Waals surface area contributed by atoms with E-state index in [1.165, 1.54) is 24.5 Å². The first kappa shape index (κ1) is 22.3. The van der Waals surface area contributed by atoms with E-state index in [2.05, 4.69) is 46.5 Å². The molecule has 33 heavy (non-hydrogen) atoms. The highest BCUT2D eigenvalue weighted by molar-refractivity contribution is 7.83. The van der Waals surface area contributed by atoms with E-state index in [0.717, 1.165) is 34.0 Å². The predicted molar refractivity (Wildman–Crippen MR) is 125 cm³/mol. The molecule has 1 saturated carbocycles. The van der Waals surface area contributed by atoms with Crippen LogP contribution in [0.25, 0.3) is 11.0 Å². The van der Waals surface area contributed by atoms with Crippen LogP contribution in [0.5, 0.6) is 0 Å².